The molecular weight excluding hydrogens is 372 g/mol. The van der Waals surface area contributed by atoms with E-state index in [1.807, 2.05) is 12.1 Å². The minimum atomic E-state index is 0.190. The molecule has 0 atom stereocenters. The van der Waals surface area contributed by atoms with Gasteiger partial charge in [0, 0.05) is 16.5 Å². The summed E-state index contributed by atoms with van der Waals surface area (Å²) in [5, 5.41) is 9.04. The standard InChI is InChI=1S/C24H23ClOS/c25-16-15-23(19-7-3-1-4-8-19)24(20-9-5-2-6-10-20)21-11-13-22(14-12-21)27-18-17-26/h1-14,26H,15-18H2/b24-23+. The van der Waals surface area contributed by atoms with E-state index in [0.29, 0.717) is 11.6 Å². The van der Waals surface area contributed by atoms with E-state index < -0.39 is 0 Å². The normalized spacial score (nSPS) is 11.9. The van der Waals surface area contributed by atoms with Gasteiger partial charge in [-0.2, -0.15) is 0 Å². The fourth-order valence-corrected chi connectivity index (χ4v) is 3.99. The predicted molar refractivity (Wildman–Crippen MR) is 118 cm³/mol. The highest BCUT2D eigenvalue weighted by molar-refractivity contribution is 7.99. The number of aliphatic hydroxyl groups excluding tert-OH is 1. The van der Waals surface area contributed by atoms with Crippen molar-refractivity contribution in [2.45, 2.75) is 11.3 Å². The second-order valence-corrected chi connectivity index (χ2v) is 7.67. The molecule has 0 saturated heterocycles. The number of hydrogen-bond donors (Lipinski definition) is 1. The van der Waals surface area contributed by atoms with Gasteiger partial charge < -0.3 is 5.11 Å². The third kappa shape index (κ3) is 5.26. The summed E-state index contributed by atoms with van der Waals surface area (Å²) in [5.74, 6) is 1.28. The maximum Gasteiger partial charge on any atom is 0.0525 e. The third-order valence-corrected chi connectivity index (χ3v) is 5.52. The summed E-state index contributed by atoms with van der Waals surface area (Å²) >= 11 is 7.85. The molecule has 1 N–H and O–H groups in total. The fourth-order valence-electron chi connectivity index (χ4n) is 3.15. The van der Waals surface area contributed by atoms with Gasteiger partial charge in [0.2, 0.25) is 0 Å². The van der Waals surface area contributed by atoms with Crippen LogP contribution in [0.15, 0.2) is 89.8 Å². The first-order chi connectivity index (χ1) is 13.3. The molecule has 3 rings (SSSR count). The monoisotopic (exact) mass is 394 g/mol. The van der Waals surface area contributed by atoms with Crippen LogP contribution in [-0.4, -0.2) is 23.3 Å². The van der Waals surface area contributed by atoms with E-state index in [1.54, 1.807) is 11.8 Å². The molecule has 27 heavy (non-hydrogen) atoms. The molecule has 0 amide bonds. The van der Waals surface area contributed by atoms with Crippen LogP contribution in [0, 0.1) is 0 Å². The number of rotatable bonds is 8. The van der Waals surface area contributed by atoms with Crippen molar-refractivity contribution >= 4 is 34.5 Å². The largest absolute Gasteiger partial charge is 0.396 e. The zero-order valence-electron chi connectivity index (χ0n) is 15.1. The first-order valence-corrected chi connectivity index (χ1v) is 10.6. The first-order valence-electron chi connectivity index (χ1n) is 9.07. The van der Waals surface area contributed by atoms with Crippen LogP contribution in [0.5, 0.6) is 0 Å². The molecule has 0 aliphatic rings. The number of aliphatic hydroxyl groups is 1. The predicted octanol–water partition coefficient (Wildman–Crippen LogP) is 6.36. The van der Waals surface area contributed by atoms with Gasteiger partial charge in [-0.15, -0.1) is 23.4 Å². The van der Waals surface area contributed by atoms with Gasteiger partial charge in [0.15, 0.2) is 0 Å². The van der Waals surface area contributed by atoms with Gasteiger partial charge in [-0.1, -0.05) is 72.8 Å². The maximum atomic E-state index is 9.04. The van der Waals surface area contributed by atoms with Crippen molar-refractivity contribution in [1.82, 2.24) is 0 Å². The Morgan fingerprint density at radius 2 is 1.30 bits per heavy atom. The molecule has 0 saturated carbocycles. The van der Waals surface area contributed by atoms with Crippen molar-refractivity contribution in [2.75, 3.05) is 18.2 Å². The molecule has 3 aromatic rings. The lowest BCUT2D eigenvalue weighted by Gasteiger charge is -2.17. The molecule has 0 aromatic heterocycles. The summed E-state index contributed by atoms with van der Waals surface area (Å²) in [6, 6.07) is 29.6. The van der Waals surface area contributed by atoms with Crippen molar-refractivity contribution in [3.63, 3.8) is 0 Å². The Bertz CT molecular complexity index is 858. The van der Waals surface area contributed by atoms with Crippen molar-refractivity contribution in [3.8, 4) is 0 Å². The van der Waals surface area contributed by atoms with Gasteiger partial charge in [0.1, 0.15) is 0 Å². The Hall–Kier alpha value is -2.00. The Kier molecular flexibility index (Phi) is 7.58. The molecule has 0 aliphatic carbocycles. The zero-order valence-corrected chi connectivity index (χ0v) is 16.7. The maximum absolute atomic E-state index is 9.04. The van der Waals surface area contributed by atoms with E-state index >= 15 is 0 Å². The van der Waals surface area contributed by atoms with Gasteiger partial charge in [-0.05, 0) is 46.4 Å². The van der Waals surface area contributed by atoms with E-state index in [2.05, 4.69) is 72.8 Å². The number of thioether (sulfide) groups is 1. The van der Waals surface area contributed by atoms with Crippen LogP contribution in [0.25, 0.3) is 11.1 Å². The van der Waals surface area contributed by atoms with Gasteiger partial charge in [0.25, 0.3) is 0 Å². The second kappa shape index (κ2) is 10.4. The second-order valence-electron chi connectivity index (χ2n) is 6.12. The van der Waals surface area contributed by atoms with Gasteiger partial charge in [0.05, 0.1) is 6.61 Å². The van der Waals surface area contributed by atoms with Crippen LogP contribution >= 0.6 is 23.4 Å². The highest BCUT2D eigenvalue weighted by atomic mass is 35.5. The number of halogens is 1. The highest BCUT2D eigenvalue weighted by Crippen LogP contribution is 2.35. The third-order valence-electron chi connectivity index (χ3n) is 4.33. The molecule has 0 fully saturated rings. The summed E-state index contributed by atoms with van der Waals surface area (Å²) in [4.78, 5) is 1.17. The van der Waals surface area contributed by atoms with Crippen LogP contribution < -0.4 is 0 Å². The fraction of sp³-hybridized carbons (Fsp3) is 0.167. The van der Waals surface area contributed by atoms with Gasteiger partial charge in [-0.3, -0.25) is 0 Å². The lowest BCUT2D eigenvalue weighted by molar-refractivity contribution is 0.322. The van der Waals surface area contributed by atoms with Crippen molar-refractivity contribution in [1.29, 1.82) is 0 Å². The Balaban J connectivity index is 2.13. The van der Waals surface area contributed by atoms with E-state index in [-0.39, 0.29) is 6.61 Å². The van der Waals surface area contributed by atoms with E-state index in [0.717, 1.165) is 6.42 Å². The molecule has 0 unspecified atom stereocenters. The molecule has 3 heteroatoms. The van der Waals surface area contributed by atoms with Gasteiger partial charge >= 0.3 is 0 Å². The van der Waals surface area contributed by atoms with E-state index in [1.165, 1.54) is 32.7 Å². The minimum absolute atomic E-state index is 0.190. The van der Waals surface area contributed by atoms with E-state index in [4.69, 9.17) is 16.7 Å². The van der Waals surface area contributed by atoms with Crippen LogP contribution in [0.4, 0.5) is 0 Å². The number of alkyl halides is 1. The van der Waals surface area contributed by atoms with Crippen LogP contribution in [0.3, 0.4) is 0 Å². The first kappa shape index (κ1) is 19.8. The molecule has 3 aromatic carbocycles. The summed E-state index contributed by atoms with van der Waals surface area (Å²) in [5.41, 5.74) is 6.06. The average Bonchev–Trinajstić information content (AvgIpc) is 2.74. The molecule has 0 heterocycles. The lowest BCUT2D eigenvalue weighted by Crippen LogP contribution is -1.96. The molecule has 138 valence electrons. The van der Waals surface area contributed by atoms with Crippen LogP contribution in [0.2, 0.25) is 0 Å². The topological polar surface area (TPSA) is 20.2 Å². The van der Waals surface area contributed by atoms with Crippen molar-refractivity contribution < 1.29 is 5.11 Å². The summed E-state index contributed by atoms with van der Waals surface area (Å²) in [7, 11) is 0. The number of benzene rings is 3. The molecule has 1 nitrogen and oxygen atoms in total. The molecule has 0 radical (unpaired) electrons. The molecule has 0 bridgehead atoms. The highest BCUT2D eigenvalue weighted by Gasteiger charge is 2.13. The van der Waals surface area contributed by atoms with Crippen LogP contribution in [0.1, 0.15) is 23.1 Å². The molecule has 0 aliphatic heterocycles. The number of hydrogen-bond acceptors (Lipinski definition) is 2. The quantitative estimate of drug-likeness (QED) is 0.272. The zero-order chi connectivity index (χ0) is 18.9. The van der Waals surface area contributed by atoms with Crippen LogP contribution in [-0.2, 0) is 0 Å². The smallest absolute Gasteiger partial charge is 0.0525 e. The Morgan fingerprint density at radius 1 is 0.741 bits per heavy atom. The Labute approximate surface area is 170 Å². The average molecular weight is 395 g/mol. The summed E-state index contributed by atoms with van der Waals surface area (Å²) < 4.78 is 0. The number of allylic oxidation sites excluding steroid dienone is 1. The van der Waals surface area contributed by atoms with Crippen molar-refractivity contribution in [2.24, 2.45) is 0 Å². The summed E-state index contributed by atoms with van der Waals surface area (Å²) in [6.07, 6.45) is 0.802. The SMILES string of the molecule is OCCSc1ccc(/C(=C(\CCCl)c2ccccc2)c2ccccc2)cc1. The van der Waals surface area contributed by atoms with E-state index in [9.17, 15) is 0 Å². The van der Waals surface area contributed by atoms with Crippen molar-refractivity contribution in [3.05, 3.63) is 102 Å². The minimum Gasteiger partial charge on any atom is -0.396 e. The Morgan fingerprint density at radius 3 is 1.85 bits per heavy atom. The molecule has 0 spiro atoms. The lowest BCUT2D eigenvalue weighted by atomic mass is 9.88. The summed E-state index contributed by atoms with van der Waals surface area (Å²) in [6.45, 7) is 0.190. The van der Waals surface area contributed by atoms with Gasteiger partial charge in [-0.25, -0.2) is 0 Å². The molecular formula is C24H23ClOS.